The van der Waals surface area contributed by atoms with E-state index in [0.717, 1.165) is 0 Å². The number of ether oxygens (including phenoxy) is 1. The van der Waals surface area contributed by atoms with Crippen LogP contribution in [-0.4, -0.2) is 32.6 Å². The first kappa shape index (κ1) is 11.8. The van der Waals surface area contributed by atoms with E-state index in [4.69, 9.17) is 4.55 Å². The molecule has 1 aromatic heterocycles. The van der Waals surface area contributed by atoms with Gasteiger partial charge in [0.25, 0.3) is 0 Å². The summed E-state index contributed by atoms with van der Waals surface area (Å²) < 4.78 is 23.5. The fourth-order valence-corrected chi connectivity index (χ4v) is 1.39. The van der Waals surface area contributed by atoms with Crippen molar-refractivity contribution in [3.8, 4) is 0 Å². The summed E-state index contributed by atoms with van der Waals surface area (Å²) in [7, 11) is 1.30. The molecule has 0 aliphatic carbocycles. The van der Waals surface area contributed by atoms with Gasteiger partial charge in [-0.1, -0.05) is 0 Å². The van der Waals surface area contributed by atoms with Gasteiger partial charge >= 0.3 is 5.97 Å². The number of methoxy groups -OCH3 is 1. The van der Waals surface area contributed by atoms with E-state index in [0.29, 0.717) is 17.7 Å². The van der Waals surface area contributed by atoms with E-state index in [1.165, 1.54) is 13.3 Å². The number of aromatic nitrogens is 1. The van der Waals surface area contributed by atoms with Crippen LogP contribution in [0.1, 0.15) is 16.1 Å². The lowest BCUT2D eigenvalue weighted by molar-refractivity contribution is 0.0600. The number of esters is 1. The van der Waals surface area contributed by atoms with Crippen LogP contribution in [0.25, 0.3) is 0 Å². The van der Waals surface area contributed by atoms with Crippen LogP contribution in [0, 0.1) is 0 Å². The van der Waals surface area contributed by atoms with E-state index >= 15 is 0 Å². The lowest BCUT2D eigenvalue weighted by atomic mass is 10.2. The molecule has 0 spiro atoms. The third-order valence-electron chi connectivity index (χ3n) is 1.78. The Morgan fingerprint density at radius 1 is 1.60 bits per heavy atom. The summed E-state index contributed by atoms with van der Waals surface area (Å²) in [6, 6.07) is 3.22. The molecule has 0 aliphatic rings. The minimum Gasteiger partial charge on any atom is -0.465 e. The van der Waals surface area contributed by atoms with Crippen LogP contribution < -0.4 is 0 Å². The molecule has 1 aromatic rings. The highest BCUT2D eigenvalue weighted by Crippen LogP contribution is 2.02. The van der Waals surface area contributed by atoms with Gasteiger partial charge in [-0.15, -0.1) is 0 Å². The summed E-state index contributed by atoms with van der Waals surface area (Å²) in [5, 5.41) is 0. The number of rotatable bonds is 4. The van der Waals surface area contributed by atoms with E-state index in [2.05, 4.69) is 9.72 Å². The normalized spacial score (nSPS) is 12.1. The number of aryl methyl sites for hydroxylation is 1. The third kappa shape index (κ3) is 3.77. The molecule has 0 aliphatic heterocycles. The lowest BCUT2D eigenvalue weighted by Crippen LogP contribution is -2.04. The van der Waals surface area contributed by atoms with E-state index < -0.39 is 17.0 Å². The second-order valence-electron chi connectivity index (χ2n) is 2.81. The summed E-state index contributed by atoms with van der Waals surface area (Å²) in [4.78, 5) is 15.0. The van der Waals surface area contributed by atoms with Gasteiger partial charge in [0.05, 0.1) is 18.4 Å². The molecule has 1 heterocycles. The van der Waals surface area contributed by atoms with Crippen molar-refractivity contribution in [3.63, 3.8) is 0 Å². The average Bonchev–Trinajstić information content (AvgIpc) is 2.26. The minimum absolute atomic E-state index is 0.143. The van der Waals surface area contributed by atoms with Gasteiger partial charge in [0.2, 0.25) is 0 Å². The van der Waals surface area contributed by atoms with Gasteiger partial charge in [0, 0.05) is 18.3 Å². The van der Waals surface area contributed by atoms with Crippen LogP contribution >= 0.6 is 0 Å². The van der Waals surface area contributed by atoms with Gasteiger partial charge in [-0.25, -0.2) is 9.00 Å². The Balaban J connectivity index is 2.64. The topological polar surface area (TPSA) is 76.5 Å². The SMILES string of the molecule is COC(=O)c1ccc(CCS(=O)O)nc1. The van der Waals surface area contributed by atoms with Crippen LogP contribution in [0.2, 0.25) is 0 Å². The zero-order valence-electron chi connectivity index (χ0n) is 8.17. The third-order valence-corrected chi connectivity index (χ3v) is 2.33. The molecule has 15 heavy (non-hydrogen) atoms. The molecule has 1 N–H and O–H groups in total. The zero-order valence-corrected chi connectivity index (χ0v) is 8.99. The number of hydrogen-bond donors (Lipinski definition) is 1. The molecule has 0 bridgehead atoms. The molecule has 0 radical (unpaired) electrons. The largest absolute Gasteiger partial charge is 0.465 e. The molecule has 5 nitrogen and oxygen atoms in total. The van der Waals surface area contributed by atoms with Crippen molar-refractivity contribution < 1.29 is 18.3 Å². The second kappa shape index (κ2) is 5.57. The van der Waals surface area contributed by atoms with E-state index in [-0.39, 0.29) is 5.75 Å². The Morgan fingerprint density at radius 3 is 2.80 bits per heavy atom. The Labute approximate surface area is 89.8 Å². The van der Waals surface area contributed by atoms with Gasteiger partial charge in [-0.2, -0.15) is 0 Å². The first-order valence-corrected chi connectivity index (χ1v) is 5.51. The lowest BCUT2D eigenvalue weighted by Gasteiger charge is -2.00. The number of nitrogens with zero attached hydrogens (tertiary/aromatic N) is 1. The minimum atomic E-state index is -1.81. The monoisotopic (exact) mass is 229 g/mol. The van der Waals surface area contributed by atoms with Crippen LogP contribution in [-0.2, 0) is 22.2 Å². The Hall–Kier alpha value is -1.27. The van der Waals surface area contributed by atoms with Crippen LogP contribution in [0.4, 0.5) is 0 Å². The maximum atomic E-state index is 11.0. The molecule has 0 saturated heterocycles. The highest BCUT2D eigenvalue weighted by molar-refractivity contribution is 7.79. The van der Waals surface area contributed by atoms with Crippen molar-refractivity contribution in [1.29, 1.82) is 0 Å². The molecule has 82 valence electrons. The quantitative estimate of drug-likeness (QED) is 0.605. The van der Waals surface area contributed by atoms with Gasteiger partial charge in [0.1, 0.15) is 0 Å². The second-order valence-corrected chi connectivity index (χ2v) is 3.86. The van der Waals surface area contributed by atoms with Crippen molar-refractivity contribution in [3.05, 3.63) is 29.6 Å². The molecule has 0 fully saturated rings. The summed E-state index contributed by atoms with van der Waals surface area (Å²) in [6.45, 7) is 0. The number of carbonyl (C=O) groups excluding carboxylic acids is 1. The Kier molecular flexibility index (Phi) is 4.38. The van der Waals surface area contributed by atoms with Crippen molar-refractivity contribution in [1.82, 2.24) is 4.98 Å². The molecular formula is C9H11NO4S. The molecule has 6 heteroatoms. The zero-order chi connectivity index (χ0) is 11.3. The number of pyridine rings is 1. The van der Waals surface area contributed by atoms with E-state index in [1.807, 2.05) is 0 Å². The summed E-state index contributed by atoms with van der Waals surface area (Å²) in [5.74, 6) is -0.301. The molecular weight excluding hydrogens is 218 g/mol. The highest BCUT2D eigenvalue weighted by atomic mass is 32.2. The molecule has 0 saturated carbocycles. The van der Waals surface area contributed by atoms with Crippen LogP contribution in [0.15, 0.2) is 18.3 Å². The Bertz CT molecular complexity index is 363. The fourth-order valence-electron chi connectivity index (χ4n) is 1.00. The van der Waals surface area contributed by atoms with E-state index in [1.54, 1.807) is 12.1 Å². The molecule has 0 aromatic carbocycles. The van der Waals surface area contributed by atoms with E-state index in [9.17, 15) is 9.00 Å². The number of carbonyl (C=O) groups is 1. The average molecular weight is 229 g/mol. The summed E-state index contributed by atoms with van der Waals surface area (Å²) >= 11 is -1.81. The summed E-state index contributed by atoms with van der Waals surface area (Å²) in [5.41, 5.74) is 1.04. The first-order valence-electron chi connectivity index (χ1n) is 4.24. The van der Waals surface area contributed by atoms with Gasteiger partial charge in [0.15, 0.2) is 11.1 Å². The maximum Gasteiger partial charge on any atom is 0.339 e. The standard InChI is InChI=1S/C9H11NO4S/c1-14-9(11)7-2-3-8(10-6-7)4-5-15(12)13/h2-3,6H,4-5H2,1H3,(H,12,13). The van der Waals surface area contributed by atoms with Crippen LogP contribution in [0.5, 0.6) is 0 Å². The predicted octanol–water partition coefficient (Wildman–Crippen LogP) is 0.632. The van der Waals surface area contributed by atoms with Crippen molar-refractivity contribution >= 4 is 17.0 Å². The maximum absolute atomic E-state index is 11.0. The first-order chi connectivity index (χ1) is 7.13. The van der Waals surface area contributed by atoms with Gasteiger partial charge in [-0.05, 0) is 12.1 Å². The molecule has 1 rings (SSSR count). The van der Waals surface area contributed by atoms with Crippen LogP contribution in [0.3, 0.4) is 0 Å². The Morgan fingerprint density at radius 2 is 2.33 bits per heavy atom. The highest BCUT2D eigenvalue weighted by Gasteiger charge is 2.05. The number of hydrogen-bond acceptors (Lipinski definition) is 4. The van der Waals surface area contributed by atoms with Crippen molar-refractivity contribution in [2.45, 2.75) is 6.42 Å². The molecule has 1 unspecified atom stereocenters. The molecule has 0 amide bonds. The van der Waals surface area contributed by atoms with Gasteiger partial charge in [-0.3, -0.25) is 4.98 Å². The van der Waals surface area contributed by atoms with Crippen molar-refractivity contribution in [2.24, 2.45) is 0 Å². The van der Waals surface area contributed by atoms with Gasteiger partial charge < -0.3 is 9.29 Å². The fraction of sp³-hybridized carbons (Fsp3) is 0.333. The molecule has 1 atom stereocenters. The van der Waals surface area contributed by atoms with Crippen molar-refractivity contribution in [2.75, 3.05) is 12.9 Å². The summed E-state index contributed by atoms with van der Waals surface area (Å²) in [6.07, 6.45) is 1.80. The smallest absolute Gasteiger partial charge is 0.339 e. The predicted molar refractivity (Wildman–Crippen MR) is 54.9 cm³/mol.